The van der Waals surface area contributed by atoms with Crippen LogP contribution in [0.5, 0.6) is 0 Å². The van der Waals surface area contributed by atoms with Crippen molar-refractivity contribution in [2.24, 2.45) is 10.9 Å². The number of nitrogens with one attached hydrogen (secondary N) is 1. The molecule has 1 unspecified atom stereocenters. The summed E-state index contributed by atoms with van der Waals surface area (Å²) in [6, 6.07) is 10.4. The van der Waals surface area contributed by atoms with Crippen LogP contribution in [0.3, 0.4) is 0 Å². The molecule has 4 heteroatoms. The molecule has 1 aromatic heterocycles. The molecule has 116 valence electrons. The van der Waals surface area contributed by atoms with Gasteiger partial charge in [-0.25, -0.2) is 0 Å². The summed E-state index contributed by atoms with van der Waals surface area (Å²) >= 11 is 0. The monoisotopic (exact) mass is 296 g/mol. The van der Waals surface area contributed by atoms with E-state index in [1.807, 2.05) is 19.3 Å². The van der Waals surface area contributed by atoms with Gasteiger partial charge >= 0.3 is 0 Å². The molecule has 1 saturated heterocycles. The third kappa shape index (κ3) is 3.21. The smallest absolute Gasteiger partial charge is 0.193 e. The number of aromatic nitrogens is 1. The zero-order valence-corrected chi connectivity index (χ0v) is 13.4. The van der Waals surface area contributed by atoms with Crippen molar-refractivity contribution < 1.29 is 0 Å². The van der Waals surface area contributed by atoms with Gasteiger partial charge in [0.15, 0.2) is 5.96 Å². The Bertz CT molecular complexity index is 660. The lowest BCUT2D eigenvalue weighted by atomic mass is 10.0. The van der Waals surface area contributed by atoms with Crippen molar-refractivity contribution in [3.63, 3.8) is 0 Å². The van der Waals surface area contributed by atoms with Crippen molar-refractivity contribution in [1.29, 1.82) is 0 Å². The number of piperidine rings is 1. The van der Waals surface area contributed by atoms with E-state index in [1.54, 1.807) is 0 Å². The molecule has 0 saturated carbocycles. The molecular formula is C18H24N4. The maximum Gasteiger partial charge on any atom is 0.193 e. The number of guanidine groups is 1. The minimum Gasteiger partial charge on any atom is -0.352 e. The van der Waals surface area contributed by atoms with E-state index in [0.29, 0.717) is 0 Å². The van der Waals surface area contributed by atoms with Gasteiger partial charge in [0.2, 0.25) is 0 Å². The third-order valence-electron chi connectivity index (χ3n) is 4.32. The number of aliphatic imine (C=N–C) groups is 1. The highest BCUT2D eigenvalue weighted by atomic mass is 15.3. The molecule has 3 rings (SSSR count). The molecule has 1 aliphatic heterocycles. The first kappa shape index (κ1) is 14.8. The highest BCUT2D eigenvalue weighted by Gasteiger charge is 2.19. The van der Waals surface area contributed by atoms with Crippen LogP contribution in [0, 0.1) is 5.92 Å². The number of fused-ring (bicyclic) bond motifs is 1. The fraction of sp³-hybridized carbons (Fsp3) is 0.444. The first-order valence-electron chi connectivity index (χ1n) is 8.06. The van der Waals surface area contributed by atoms with Gasteiger partial charge in [0, 0.05) is 38.3 Å². The maximum absolute atomic E-state index is 4.52. The summed E-state index contributed by atoms with van der Waals surface area (Å²) in [7, 11) is 1.86. The molecule has 1 N–H and O–H groups in total. The number of para-hydroxylation sites is 1. The van der Waals surface area contributed by atoms with Gasteiger partial charge < -0.3 is 10.2 Å². The normalized spacial score (nSPS) is 19.5. The molecule has 2 aromatic rings. The Balaban J connectivity index is 1.72. The predicted molar refractivity (Wildman–Crippen MR) is 91.9 cm³/mol. The number of benzene rings is 1. The molecule has 0 aliphatic carbocycles. The highest BCUT2D eigenvalue weighted by molar-refractivity contribution is 5.83. The largest absolute Gasteiger partial charge is 0.352 e. The Kier molecular flexibility index (Phi) is 4.56. The van der Waals surface area contributed by atoms with Crippen LogP contribution in [0.25, 0.3) is 10.9 Å². The van der Waals surface area contributed by atoms with Gasteiger partial charge in [-0.05, 0) is 30.4 Å². The van der Waals surface area contributed by atoms with Crippen LogP contribution < -0.4 is 5.32 Å². The summed E-state index contributed by atoms with van der Waals surface area (Å²) in [5.74, 6) is 1.74. The van der Waals surface area contributed by atoms with Crippen LogP contribution >= 0.6 is 0 Å². The quantitative estimate of drug-likeness (QED) is 0.684. The van der Waals surface area contributed by atoms with Crippen molar-refractivity contribution in [3.05, 3.63) is 42.1 Å². The fourth-order valence-electron chi connectivity index (χ4n) is 3.20. The molecule has 0 spiro atoms. The van der Waals surface area contributed by atoms with E-state index in [4.69, 9.17) is 0 Å². The average molecular weight is 296 g/mol. The lowest BCUT2D eigenvalue weighted by molar-refractivity contribution is 0.266. The fourth-order valence-corrected chi connectivity index (χ4v) is 3.20. The minimum atomic E-state index is 0.742. The van der Waals surface area contributed by atoms with E-state index in [-0.39, 0.29) is 0 Å². The predicted octanol–water partition coefficient (Wildman–Crippen LogP) is 3.04. The molecule has 22 heavy (non-hydrogen) atoms. The van der Waals surface area contributed by atoms with E-state index in [9.17, 15) is 0 Å². The van der Waals surface area contributed by atoms with Crippen LogP contribution in [0.15, 0.2) is 41.5 Å². The van der Waals surface area contributed by atoms with Gasteiger partial charge in [-0.3, -0.25) is 9.98 Å². The van der Waals surface area contributed by atoms with E-state index in [2.05, 4.69) is 51.4 Å². The Hall–Kier alpha value is -2.10. The van der Waals surface area contributed by atoms with Crippen LogP contribution in [0.1, 0.15) is 25.3 Å². The summed E-state index contributed by atoms with van der Waals surface area (Å²) in [5, 5.41) is 4.69. The Morgan fingerprint density at radius 1 is 1.36 bits per heavy atom. The molecule has 1 atom stereocenters. The van der Waals surface area contributed by atoms with Gasteiger partial charge in [-0.15, -0.1) is 0 Å². The third-order valence-corrected chi connectivity index (χ3v) is 4.32. The zero-order chi connectivity index (χ0) is 15.4. The summed E-state index contributed by atoms with van der Waals surface area (Å²) in [5.41, 5.74) is 2.28. The maximum atomic E-state index is 4.52. The first-order valence-corrected chi connectivity index (χ1v) is 8.06. The topological polar surface area (TPSA) is 40.5 Å². The van der Waals surface area contributed by atoms with E-state index < -0.39 is 0 Å². The lowest BCUT2D eigenvalue weighted by Crippen LogP contribution is -2.45. The number of nitrogens with zero attached hydrogens (tertiary/aromatic N) is 3. The van der Waals surface area contributed by atoms with Crippen LogP contribution in [-0.2, 0) is 6.54 Å². The number of rotatable bonds is 2. The molecule has 0 bridgehead atoms. The summed E-state index contributed by atoms with van der Waals surface area (Å²) in [6.07, 6.45) is 4.42. The van der Waals surface area contributed by atoms with Crippen molar-refractivity contribution in [1.82, 2.24) is 15.2 Å². The second-order valence-corrected chi connectivity index (χ2v) is 6.09. The van der Waals surface area contributed by atoms with E-state index >= 15 is 0 Å². The summed E-state index contributed by atoms with van der Waals surface area (Å²) in [4.78, 5) is 11.3. The number of likely N-dealkylation sites (tertiary alicyclic amines) is 1. The summed E-state index contributed by atoms with van der Waals surface area (Å²) in [6.45, 7) is 5.26. The van der Waals surface area contributed by atoms with Gasteiger partial charge in [-0.1, -0.05) is 31.2 Å². The molecule has 1 aliphatic rings. The number of pyridine rings is 1. The first-order chi connectivity index (χ1) is 10.8. The molecule has 1 fully saturated rings. The second kappa shape index (κ2) is 6.77. The highest BCUT2D eigenvalue weighted by Crippen LogP contribution is 2.17. The van der Waals surface area contributed by atoms with Crippen LogP contribution in [-0.4, -0.2) is 36.0 Å². The second-order valence-electron chi connectivity index (χ2n) is 6.09. The molecule has 1 aromatic carbocycles. The SMILES string of the molecule is CN=C(NCc1cccc2cccnc12)N1CCCC(C)C1. The van der Waals surface area contributed by atoms with Crippen molar-refractivity contribution >= 4 is 16.9 Å². The molecule has 0 radical (unpaired) electrons. The van der Waals surface area contributed by atoms with Crippen LogP contribution in [0.4, 0.5) is 0 Å². The van der Waals surface area contributed by atoms with Crippen molar-refractivity contribution in [3.8, 4) is 0 Å². The lowest BCUT2D eigenvalue weighted by Gasteiger charge is -2.33. The van der Waals surface area contributed by atoms with Gasteiger partial charge in [0.1, 0.15) is 0 Å². The van der Waals surface area contributed by atoms with E-state index in [0.717, 1.165) is 37.0 Å². The van der Waals surface area contributed by atoms with E-state index in [1.165, 1.54) is 23.8 Å². The average Bonchev–Trinajstić information content (AvgIpc) is 2.56. The van der Waals surface area contributed by atoms with Gasteiger partial charge in [0.05, 0.1) is 5.52 Å². The Labute approximate surface area is 132 Å². The van der Waals surface area contributed by atoms with Gasteiger partial charge in [-0.2, -0.15) is 0 Å². The van der Waals surface area contributed by atoms with Crippen LogP contribution in [0.2, 0.25) is 0 Å². The molecule has 4 nitrogen and oxygen atoms in total. The zero-order valence-electron chi connectivity index (χ0n) is 13.4. The Morgan fingerprint density at radius 2 is 2.23 bits per heavy atom. The van der Waals surface area contributed by atoms with Crippen molar-refractivity contribution in [2.75, 3.05) is 20.1 Å². The number of hydrogen-bond acceptors (Lipinski definition) is 2. The Morgan fingerprint density at radius 3 is 3.05 bits per heavy atom. The molecule has 0 amide bonds. The molecule has 2 heterocycles. The minimum absolute atomic E-state index is 0.742. The number of hydrogen-bond donors (Lipinski definition) is 1. The summed E-state index contributed by atoms with van der Waals surface area (Å²) < 4.78 is 0. The van der Waals surface area contributed by atoms with Crippen molar-refractivity contribution in [2.45, 2.75) is 26.3 Å². The standard InChI is InChI=1S/C18H24N4/c1-14-6-5-11-22(13-14)18(19-2)21-12-16-8-3-7-15-9-4-10-20-17(15)16/h3-4,7-10,14H,5-6,11-13H2,1-2H3,(H,19,21). The molecular weight excluding hydrogens is 272 g/mol. The van der Waals surface area contributed by atoms with Gasteiger partial charge in [0.25, 0.3) is 0 Å².